The third-order valence-electron chi connectivity index (χ3n) is 5.20. The second-order valence-corrected chi connectivity index (χ2v) is 7.41. The number of hydrogen-bond donors (Lipinski definition) is 2. The number of amides is 1. The van der Waals surface area contributed by atoms with Crippen molar-refractivity contribution in [1.82, 2.24) is 20.4 Å². The number of unbranched alkanes of at least 4 members (excludes halogenated alkanes) is 2. The van der Waals surface area contributed by atoms with Crippen molar-refractivity contribution in [2.75, 3.05) is 20.1 Å². The monoisotopic (exact) mass is 408 g/mol. The van der Waals surface area contributed by atoms with Gasteiger partial charge in [0.25, 0.3) is 0 Å². The Labute approximate surface area is 172 Å². The Balaban J connectivity index is 0.00000280. The molecular formula is C21H30ClFN4O. The van der Waals surface area contributed by atoms with Crippen LogP contribution in [0.15, 0.2) is 30.3 Å². The number of benzene rings is 1. The third-order valence-corrected chi connectivity index (χ3v) is 5.20. The molecule has 0 saturated carbocycles. The van der Waals surface area contributed by atoms with Gasteiger partial charge in [0.2, 0.25) is 5.91 Å². The number of aromatic amines is 1. The predicted molar refractivity (Wildman–Crippen MR) is 112 cm³/mol. The second kappa shape index (κ2) is 11.2. The summed E-state index contributed by atoms with van der Waals surface area (Å²) in [6, 6.07) is 8.83. The summed E-state index contributed by atoms with van der Waals surface area (Å²) in [6.45, 7) is 1.85. The SMILES string of the molecule is CN(CCCCCc1cc(-c2cccc(F)c2)n[nH]1)C(=O)CC1CCCN1.Cl. The molecule has 2 N–H and O–H groups in total. The zero-order valence-electron chi connectivity index (χ0n) is 16.4. The van der Waals surface area contributed by atoms with Crippen LogP contribution in [0.3, 0.4) is 0 Å². The normalized spacial score (nSPS) is 16.0. The molecule has 7 heteroatoms. The van der Waals surface area contributed by atoms with Gasteiger partial charge in [-0.05, 0) is 56.8 Å². The summed E-state index contributed by atoms with van der Waals surface area (Å²) in [7, 11) is 1.90. The lowest BCUT2D eigenvalue weighted by molar-refractivity contribution is -0.130. The van der Waals surface area contributed by atoms with E-state index in [0.29, 0.717) is 12.5 Å². The summed E-state index contributed by atoms with van der Waals surface area (Å²) < 4.78 is 13.3. The summed E-state index contributed by atoms with van der Waals surface area (Å²) in [5.41, 5.74) is 2.62. The number of hydrogen-bond acceptors (Lipinski definition) is 3. The molecule has 0 radical (unpaired) electrons. The Bertz CT molecular complexity index is 746. The van der Waals surface area contributed by atoms with E-state index in [-0.39, 0.29) is 24.1 Å². The predicted octanol–water partition coefficient (Wildman–Crippen LogP) is 3.95. The number of H-pyrrole nitrogens is 1. The zero-order chi connectivity index (χ0) is 19.1. The van der Waals surface area contributed by atoms with Gasteiger partial charge in [-0.2, -0.15) is 5.10 Å². The molecule has 5 nitrogen and oxygen atoms in total. The zero-order valence-corrected chi connectivity index (χ0v) is 17.2. The first-order valence-electron chi connectivity index (χ1n) is 9.89. The van der Waals surface area contributed by atoms with Crippen LogP contribution in [0.5, 0.6) is 0 Å². The fourth-order valence-electron chi connectivity index (χ4n) is 3.55. The van der Waals surface area contributed by atoms with Crippen molar-refractivity contribution in [3.8, 4) is 11.3 Å². The van der Waals surface area contributed by atoms with E-state index in [1.54, 1.807) is 6.07 Å². The van der Waals surface area contributed by atoms with E-state index in [2.05, 4.69) is 15.5 Å². The molecule has 2 aromatic rings. The van der Waals surface area contributed by atoms with Gasteiger partial charge < -0.3 is 10.2 Å². The lowest BCUT2D eigenvalue weighted by atomic mass is 10.1. The highest BCUT2D eigenvalue weighted by atomic mass is 35.5. The van der Waals surface area contributed by atoms with E-state index in [0.717, 1.165) is 62.1 Å². The maximum Gasteiger partial charge on any atom is 0.223 e. The standard InChI is InChI=1S/C21H29FN4O.ClH/c1-26(21(27)15-18-10-6-11-23-18)12-4-2-3-9-19-14-20(25-24-19)16-7-5-8-17(22)13-16;/h5,7-8,13-14,18,23H,2-4,6,9-12,15H2,1H3,(H,24,25);1H. The molecule has 2 heterocycles. The maximum atomic E-state index is 13.3. The Morgan fingerprint density at radius 1 is 1.29 bits per heavy atom. The molecule has 1 amide bonds. The second-order valence-electron chi connectivity index (χ2n) is 7.41. The van der Waals surface area contributed by atoms with Gasteiger partial charge in [0.1, 0.15) is 5.82 Å². The summed E-state index contributed by atoms with van der Waals surface area (Å²) in [6.07, 6.45) is 6.92. The highest BCUT2D eigenvalue weighted by Gasteiger charge is 2.19. The fraction of sp³-hybridized carbons (Fsp3) is 0.524. The number of carbonyl (C=O) groups is 1. The Kier molecular flexibility index (Phi) is 8.93. The highest BCUT2D eigenvalue weighted by molar-refractivity contribution is 5.85. The molecule has 1 aliphatic heterocycles. The highest BCUT2D eigenvalue weighted by Crippen LogP contribution is 2.19. The molecule has 0 spiro atoms. The molecule has 0 bridgehead atoms. The molecule has 1 atom stereocenters. The van der Waals surface area contributed by atoms with E-state index in [1.165, 1.54) is 18.6 Å². The number of aryl methyl sites for hydroxylation is 1. The quantitative estimate of drug-likeness (QED) is 0.617. The first-order chi connectivity index (χ1) is 13.1. The Morgan fingerprint density at radius 3 is 2.89 bits per heavy atom. The first-order valence-corrected chi connectivity index (χ1v) is 9.89. The molecule has 28 heavy (non-hydrogen) atoms. The van der Waals surface area contributed by atoms with Crippen LogP contribution in [-0.2, 0) is 11.2 Å². The third kappa shape index (κ3) is 6.60. The van der Waals surface area contributed by atoms with Crippen molar-refractivity contribution >= 4 is 18.3 Å². The molecule has 1 aliphatic rings. The van der Waals surface area contributed by atoms with Crippen molar-refractivity contribution in [2.45, 2.75) is 51.0 Å². The molecule has 1 aromatic heterocycles. The van der Waals surface area contributed by atoms with Gasteiger partial charge in [-0.25, -0.2) is 4.39 Å². The Morgan fingerprint density at radius 2 is 2.14 bits per heavy atom. The van der Waals surface area contributed by atoms with Gasteiger partial charge in [0, 0.05) is 37.3 Å². The molecule has 154 valence electrons. The minimum atomic E-state index is -0.251. The lowest BCUT2D eigenvalue weighted by Crippen LogP contribution is -2.33. The number of rotatable bonds is 9. The van der Waals surface area contributed by atoms with Crippen molar-refractivity contribution in [1.29, 1.82) is 0 Å². The molecule has 0 aliphatic carbocycles. The van der Waals surface area contributed by atoms with Gasteiger partial charge in [0.15, 0.2) is 0 Å². The van der Waals surface area contributed by atoms with Gasteiger partial charge in [-0.15, -0.1) is 12.4 Å². The summed E-state index contributed by atoms with van der Waals surface area (Å²) in [5, 5.41) is 10.7. The number of halogens is 2. The molecule has 1 saturated heterocycles. The molecule has 1 unspecified atom stereocenters. The van der Waals surface area contributed by atoms with E-state index in [4.69, 9.17) is 0 Å². The number of nitrogens with zero attached hydrogens (tertiary/aromatic N) is 2. The van der Waals surface area contributed by atoms with Crippen LogP contribution in [0.4, 0.5) is 4.39 Å². The first kappa shape index (κ1) is 22.4. The van der Waals surface area contributed by atoms with Crippen LogP contribution < -0.4 is 5.32 Å². The van der Waals surface area contributed by atoms with E-state index in [9.17, 15) is 9.18 Å². The van der Waals surface area contributed by atoms with Gasteiger partial charge >= 0.3 is 0 Å². The van der Waals surface area contributed by atoms with Crippen molar-refractivity contribution < 1.29 is 9.18 Å². The molecular weight excluding hydrogens is 379 g/mol. The topological polar surface area (TPSA) is 61.0 Å². The van der Waals surface area contributed by atoms with Crippen LogP contribution in [0, 0.1) is 5.82 Å². The smallest absolute Gasteiger partial charge is 0.223 e. The minimum Gasteiger partial charge on any atom is -0.346 e. The molecule has 1 aromatic carbocycles. The largest absolute Gasteiger partial charge is 0.346 e. The number of carbonyl (C=O) groups excluding carboxylic acids is 1. The van der Waals surface area contributed by atoms with E-state index in [1.807, 2.05) is 24.1 Å². The summed E-state index contributed by atoms with van der Waals surface area (Å²) in [5.74, 6) is -0.0119. The molecule has 1 fully saturated rings. The van der Waals surface area contributed by atoms with E-state index >= 15 is 0 Å². The summed E-state index contributed by atoms with van der Waals surface area (Å²) in [4.78, 5) is 14.1. The van der Waals surface area contributed by atoms with Crippen LogP contribution in [0.2, 0.25) is 0 Å². The van der Waals surface area contributed by atoms with Crippen molar-refractivity contribution in [2.24, 2.45) is 0 Å². The van der Waals surface area contributed by atoms with Crippen LogP contribution in [0.1, 0.15) is 44.2 Å². The van der Waals surface area contributed by atoms with Crippen LogP contribution in [0.25, 0.3) is 11.3 Å². The van der Waals surface area contributed by atoms with E-state index < -0.39 is 0 Å². The summed E-state index contributed by atoms with van der Waals surface area (Å²) >= 11 is 0. The average molecular weight is 409 g/mol. The van der Waals surface area contributed by atoms with Crippen molar-refractivity contribution in [3.05, 3.63) is 41.8 Å². The van der Waals surface area contributed by atoms with Crippen LogP contribution >= 0.6 is 12.4 Å². The number of aromatic nitrogens is 2. The Hall–Kier alpha value is -1.92. The van der Waals surface area contributed by atoms with Crippen molar-refractivity contribution in [3.63, 3.8) is 0 Å². The number of nitrogens with one attached hydrogen (secondary N) is 2. The molecule has 3 rings (SSSR count). The van der Waals surface area contributed by atoms with Gasteiger partial charge in [-0.3, -0.25) is 9.89 Å². The maximum absolute atomic E-state index is 13.3. The lowest BCUT2D eigenvalue weighted by Gasteiger charge is -2.19. The average Bonchev–Trinajstić information content (AvgIpc) is 3.33. The van der Waals surface area contributed by atoms with Gasteiger partial charge in [-0.1, -0.05) is 18.6 Å². The van der Waals surface area contributed by atoms with Gasteiger partial charge in [0.05, 0.1) is 5.69 Å². The minimum absolute atomic E-state index is 0. The fourth-order valence-corrected chi connectivity index (χ4v) is 3.55. The van der Waals surface area contributed by atoms with Crippen LogP contribution in [-0.4, -0.2) is 47.2 Å².